The van der Waals surface area contributed by atoms with E-state index in [1.54, 1.807) is 36.4 Å². The lowest BCUT2D eigenvalue weighted by molar-refractivity contribution is -0.122. The lowest BCUT2D eigenvalue weighted by atomic mass is 9.55. The summed E-state index contributed by atoms with van der Waals surface area (Å²) in [6.07, 6.45) is 0. The molecule has 2 atom stereocenters. The third-order valence-electron chi connectivity index (χ3n) is 8.28. The number of benzene rings is 4. The summed E-state index contributed by atoms with van der Waals surface area (Å²) in [5.41, 5.74) is 7.00. The molecule has 5 nitrogen and oxygen atoms in total. The van der Waals surface area contributed by atoms with Crippen LogP contribution < -0.4 is 10.2 Å². The summed E-state index contributed by atoms with van der Waals surface area (Å²) in [5, 5.41) is 3.42. The number of carbonyl (C=O) groups is 3. The van der Waals surface area contributed by atoms with Gasteiger partial charge in [0.2, 0.25) is 11.8 Å². The van der Waals surface area contributed by atoms with E-state index >= 15 is 0 Å². The Balaban J connectivity index is 1.21. The molecule has 1 N–H and O–H groups in total. The van der Waals surface area contributed by atoms with Gasteiger partial charge in [0.15, 0.2) is 0 Å². The average molecular weight is 519 g/mol. The predicted octanol–water partition coefficient (Wildman–Crippen LogP) is 6.30. The molecule has 3 aliphatic carbocycles. The smallest absolute Gasteiger partial charge is 0.255 e. The van der Waals surface area contributed by atoms with Crippen LogP contribution in [0.4, 0.5) is 11.4 Å². The molecule has 1 fully saturated rings. The fourth-order valence-electron chi connectivity index (χ4n) is 6.62. The van der Waals surface area contributed by atoms with Crippen LogP contribution in [-0.2, 0) is 9.59 Å². The second-order valence-electron chi connectivity index (χ2n) is 10.2. The van der Waals surface area contributed by atoms with E-state index in [9.17, 15) is 14.4 Å². The molecule has 0 aromatic heterocycles. The maximum absolute atomic E-state index is 13.9. The number of carbonyl (C=O) groups excluding carboxylic acids is 3. The number of amides is 3. The predicted molar refractivity (Wildman–Crippen MR) is 147 cm³/mol. The Morgan fingerprint density at radius 2 is 1.24 bits per heavy atom. The first-order valence-corrected chi connectivity index (χ1v) is 13.0. The topological polar surface area (TPSA) is 66.5 Å². The molecular weight excluding hydrogens is 496 g/mol. The zero-order valence-corrected chi connectivity index (χ0v) is 21.3. The molecule has 0 spiro atoms. The zero-order valence-electron chi connectivity index (χ0n) is 20.5. The van der Waals surface area contributed by atoms with E-state index in [4.69, 9.17) is 11.6 Å². The third kappa shape index (κ3) is 3.21. The zero-order chi connectivity index (χ0) is 26.1. The van der Waals surface area contributed by atoms with Crippen LogP contribution in [0.3, 0.4) is 0 Å². The first kappa shape index (κ1) is 22.9. The van der Waals surface area contributed by atoms with Crippen LogP contribution in [0, 0.1) is 18.8 Å². The van der Waals surface area contributed by atoms with Gasteiger partial charge < -0.3 is 5.32 Å². The summed E-state index contributed by atoms with van der Waals surface area (Å²) in [6.45, 7) is 1.89. The van der Waals surface area contributed by atoms with Gasteiger partial charge in [0, 0.05) is 28.1 Å². The Morgan fingerprint density at radius 3 is 1.74 bits per heavy atom. The van der Waals surface area contributed by atoms with Crippen LogP contribution >= 0.6 is 11.6 Å². The summed E-state index contributed by atoms with van der Waals surface area (Å²) < 4.78 is 0. The van der Waals surface area contributed by atoms with Gasteiger partial charge in [-0.25, -0.2) is 4.90 Å². The Bertz CT molecular complexity index is 1550. The van der Waals surface area contributed by atoms with Crippen LogP contribution in [0.1, 0.15) is 50.0 Å². The number of aryl methyl sites for hydroxylation is 1. The number of halogens is 1. The molecule has 38 heavy (non-hydrogen) atoms. The van der Waals surface area contributed by atoms with E-state index in [-0.39, 0.29) is 29.6 Å². The van der Waals surface area contributed by atoms with E-state index in [2.05, 4.69) is 29.6 Å². The fraction of sp³-hybridized carbons (Fsp3) is 0.156. The largest absolute Gasteiger partial charge is 0.322 e. The van der Waals surface area contributed by atoms with Crippen molar-refractivity contribution >= 4 is 40.7 Å². The van der Waals surface area contributed by atoms with E-state index < -0.39 is 11.8 Å². The summed E-state index contributed by atoms with van der Waals surface area (Å²) in [4.78, 5) is 42.0. The van der Waals surface area contributed by atoms with Crippen LogP contribution in [0.5, 0.6) is 0 Å². The Kier molecular flexibility index (Phi) is 5.07. The molecule has 6 heteroatoms. The van der Waals surface area contributed by atoms with Crippen molar-refractivity contribution in [1.82, 2.24) is 0 Å². The van der Waals surface area contributed by atoms with Crippen molar-refractivity contribution in [3.63, 3.8) is 0 Å². The molecular formula is C32H23ClN2O3. The Morgan fingerprint density at radius 1 is 0.737 bits per heavy atom. The molecule has 2 bridgehead atoms. The number of nitrogens with one attached hydrogen (secondary N) is 1. The number of rotatable bonds is 3. The van der Waals surface area contributed by atoms with Gasteiger partial charge in [-0.2, -0.15) is 0 Å². The monoisotopic (exact) mass is 518 g/mol. The maximum Gasteiger partial charge on any atom is 0.255 e. The first-order valence-electron chi connectivity index (χ1n) is 12.7. The molecule has 1 aliphatic heterocycles. The molecule has 8 rings (SSSR count). The highest BCUT2D eigenvalue weighted by molar-refractivity contribution is 6.31. The second-order valence-corrected chi connectivity index (χ2v) is 10.7. The summed E-state index contributed by atoms with van der Waals surface area (Å²) in [5.74, 6) is -1.82. The fourth-order valence-corrected chi connectivity index (χ4v) is 6.79. The lowest BCUT2D eigenvalue weighted by Crippen LogP contribution is -2.41. The molecule has 0 radical (unpaired) electrons. The van der Waals surface area contributed by atoms with Gasteiger partial charge in [0.25, 0.3) is 5.91 Å². The highest BCUT2D eigenvalue weighted by Gasteiger charge is 2.61. The minimum atomic E-state index is -0.439. The van der Waals surface area contributed by atoms with Gasteiger partial charge in [-0.15, -0.1) is 0 Å². The van der Waals surface area contributed by atoms with Crippen molar-refractivity contribution < 1.29 is 14.4 Å². The number of nitrogens with zero attached hydrogens (tertiary/aromatic N) is 1. The molecule has 1 heterocycles. The summed E-state index contributed by atoms with van der Waals surface area (Å²) in [6, 6.07) is 28.3. The van der Waals surface area contributed by atoms with E-state index in [1.807, 2.05) is 37.3 Å². The number of imide groups is 1. The van der Waals surface area contributed by atoms with Crippen molar-refractivity contribution in [2.75, 3.05) is 10.2 Å². The molecule has 0 saturated carbocycles. The van der Waals surface area contributed by atoms with Gasteiger partial charge in [-0.3, -0.25) is 14.4 Å². The van der Waals surface area contributed by atoms with Crippen molar-refractivity contribution in [3.8, 4) is 0 Å². The number of hydrogen-bond donors (Lipinski definition) is 1. The molecule has 4 aliphatic rings. The van der Waals surface area contributed by atoms with Gasteiger partial charge in [-0.05, 0) is 71.1 Å². The maximum atomic E-state index is 13.9. The molecule has 4 aromatic carbocycles. The molecule has 0 unspecified atom stereocenters. The van der Waals surface area contributed by atoms with E-state index in [1.165, 1.54) is 4.90 Å². The van der Waals surface area contributed by atoms with Gasteiger partial charge in [0.1, 0.15) is 0 Å². The minimum Gasteiger partial charge on any atom is -0.322 e. The highest BCUT2D eigenvalue weighted by atomic mass is 35.5. The molecule has 3 amide bonds. The number of anilines is 2. The van der Waals surface area contributed by atoms with Crippen LogP contribution in [0.2, 0.25) is 5.02 Å². The molecule has 186 valence electrons. The molecule has 1 saturated heterocycles. The van der Waals surface area contributed by atoms with Gasteiger partial charge >= 0.3 is 0 Å². The second kappa shape index (κ2) is 8.40. The van der Waals surface area contributed by atoms with Gasteiger partial charge in [0.05, 0.1) is 17.5 Å². The number of hydrogen-bond acceptors (Lipinski definition) is 3. The van der Waals surface area contributed by atoms with Crippen molar-refractivity contribution in [3.05, 3.63) is 129 Å². The van der Waals surface area contributed by atoms with E-state index in [0.717, 1.165) is 27.8 Å². The van der Waals surface area contributed by atoms with Crippen LogP contribution in [-0.4, -0.2) is 17.7 Å². The lowest BCUT2D eigenvalue weighted by Gasteiger charge is -2.45. The standard InChI is InChI=1S/C32H23ClN2O3/c1-17-10-13-19(33)16-25(17)34-30(36)18-11-14-20(15-12-18)35-31(37)28-26-21-6-2-3-7-22(21)27(29(28)32(35)38)24-9-5-4-8-23(24)26/h2-16,26-29H,1H3,(H,34,36)/t26?,27?,28-,29-/m0/s1. The Hall–Kier alpha value is -4.22. The summed E-state index contributed by atoms with van der Waals surface area (Å²) >= 11 is 6.08. The van der Waals surface area contributed by atoms with E-state index in [0.29, 0.717) is 22.0 Å². The quantitative estimate of drug-likeness (QED) is 0.324. The average Bonchev–Trinajstić information content (AvgIpc) is 3.21. The highest BCUT2D eigenvalue weighted by Crippen LogP contribution is 2.61. The first-order chi connectivity index (χ1) is 18.4. The van der Waals surface area contributed by atoms with Crippen molar-refractivity contribution in [2.24, 2.45) is 11.8 Å². The molecule has 4 aromatic rings. The third-order valence-corrected chi connectivity index (χ3v) is 8.52. The SMILES string of the molecule is Cc1ccc(Cl)cc1NC(=O)c1ccc(N2C(=O)[C@H]3C4c5ccccc5C(c5ccccc54)[C@@H]3C2=O)cc1. The van der Waals surface area contributed by atoms with Crippen LogP contribution in [0.25, 0.3) is 0 Å². The Labute approximate surface area is 225 Å². The minimum absolute atomic E-state index is 0.148. The summed E-state index contributed by atoms with van der Waals surface area (Å²) in [7, 11) is 0. The van der Waals surface area contributed by atoms with Crippen LogP contribution in [0.15, 0.2) is 91.0 Å². The van der Waals surface area contributed by atoms with Crippen molar-refractivity contribution in [1.29, 1.82) is 0 Å². The normalized spacial score (nSPS) is 22.6. The van der Waals surface area contributed by atoms with Gasteiger partial charge in [-0.1, -0.05) is 66.2 Å². The van der Waals surface area contributed by atoms with Crippen molar-refractivity contribution in [2.45, 2.75) is 18.8 Å².